The largest absolute Gasteiger partial charge is 0.478 e. The number of amides is 2. The van der Waals surface area contributed by atoms with Crippen LogP contribution in [0.3, 0.4) is 0 Å². The van der Waals surface area contributed by atoms with Crippen molar-refractivity contribution in [3.63, 3.8) is 0 Å². The lowest BCUT2D eigenvalue weighted by atomic mass is 9.94. The zero-order valence-corrected chi connectivity index (χ0v) is 17.9. The summed E-state index contributed by atoms with van der Waals surface area (Å²) in [6.45, 7) is 1.73. The number of carbonyl (C=O) groups is 3. The number of aromatic carboxylic acids is 1. The minimum Gasteiger partial charge on any atom is -0.478 e. The molecule has 34 heavy (non-hydrogen) atoms. The molecule has 0 spiro atoms. The van der Waals surface area contributed by atoms with Gasteiger partial charge in [-0.05, 0) is 55.0 Å². The van der Waals surface area contributed by atoms with E-state index in [1.807, 2.05) is 0 Å². The highest BCUT2D eigenvalue weighted by molar-refractivity contribution is 6.23. The van der Waals surface area contributed by atoms with Crippen molar-refractivity contribution in [1.29, 1.82) is 0 Å². The van der Waals surface area contributed by atoms with Crippen molar-refractivity contribution < 1.29 is 32.7 Å². The normalized spacial score (nSPS) is 16.3. The number of benzene rings is 3. The second-order valence-corrected chi connectivity index (χ2v) is 7.66. The molecule has 0 aliphatic carbocycles. The van der Waals surface area contributed by atoms with Crippen LogP contribution in [-0.4, -0.2) is 29.4 Å². The van der Waals surface area contributed by atoms with Gasteiger partial charge in [-0.3, -0.25) is 14.5 Å². The third kappa shape index (κ3) is 4.00. The Kier molecular flexibility index (Phi) is 5.87. The molecule has 174 valence electrons. The Balaban J connectivity index is 1.99. The van der Waals surface area contributed by atoms with Crippen LogP contribution in [0.15, 0.2) is 72.8 Å². The first-order valence-electron chi connectivity index (χ1n) is 10.4. The molecule has 0 saturated carbocycles. The summed E-state index contributed by atoms with van der Waals surface area (Å²) in [6.07, 6.45) is -4.66. The summed E-state index contributed by atoms with van der Waals surface area (Å²) in [5.41, 5.74) is -0.604. The number of carboxylic acids is 1. The summed E-state index contributed by atoms with van der Waals surface area (Å²) in [4.78, 5) is 41.3. The predicted molar refractivity (Wildman–Crippen MR) is 119 cm³/mol. The Morgan fingerprint density at radius 3 is 2.24 bits per heavy atom. The number of para-hydroxylation sites is 1. The second-order valence-electron chi connectivity index (χ2n) is 7.66. The lowest BCUT2D eigenvalue weighted by Gasteiger charge is -2.26. The van der Waals surface area contributed by atoms with Crippen molar-refractivity contribution in [2.24, 2.45) is 0 Å². The maximum absolute atomic E-state index is 13.9. The van der Waals surface area contributed by atoms with E-state index in [0.29, 0.717) is 0 Å². The third-order valence-corrected chi connectivity index (χ3v) is 5.61. The molecule has 2 amide bonds. The molecular weight excluding hydrogens is 449 g/mol. The van der Waals surface area contributed by atoms with E-state index in [1.165, 1.54) is 35.2 Å². The number of carbonyl (C=O) groups excluding carboxylic acids is 2. The molecule has 3 aromatic rings. The molecule has 6 nitrogen and oxygen atoms in total. The van der Waals surface area contributed by atoms with Crippen molar-refractivity contribution >= 4 is 34.8 Å². The summed E-state index contributed by atoms with van der Waals surface area (Å²) in [5, 5.41) is 9.37. The number of rotatable bonds is 4. The fourth-order valence-electron chi connectivity index (χ4n) is 4.04. The van der Waals surface area contributed by atoms with Gasteiger partial charge in [-0.2, -0.15) is 13.2 Å². The zero-order valence-electron chi connectivity index (χ0n) is 17.9. The second kappa shape index (κ2) is 8.66. The van der Waals surface area contributed by atoms with E-state index in [1.54, 1.807) is 37.3 Å². The Morgan fingerprint density at radius 1 is 0.912 bits per heavy atom. The van der Waals surface area contributed by atoms with E-state index in [2.05, 4.69) is 0 Å². The van der Waals surface area contributed by atoms with Crippen molar-refractivity contribution in [3.8, 4) is 0 Å². The summed E-state index contributed by atoms with van der Waals surface area (Å²) in [5.74, 6) is -4.13. The molecule has 4 rings (SSSR count). The first kappa shape index (κ1) is 23.0. The number of nitrogens with zero attached hydrogens (tertiary/aromatic N) is 2. The van der Waals surface area contributed by atoms with Crippen molar-refractivity contribution in [2.75, 3.05) is 16.3 Å². The molecule has 1 heterocycles. The smallest absolute Gasteiger partial charge is 0.416 e. The van der Waals surface area contributed by atoms with Gasteiger partial charge in [0.25, 0.3) is 0 Å². The van der Waals surface area contributed by atoms with Crippen LogP contribution < -0.4 is 9.80 Å². The Bertz CT molecular complexity index is 1270. The van der Waals surface area contributed by atoms with Gasteiger partial charge in [-0.25, -0.2) is 4.79 Å². The van der Waals surface area contributed by atoms with E-state index >= 15 is 0 Å². The molecule has 0 fully saturated rings. The molecule has 0 aromatic heterocycles. The quantitative estimate of drug-likeness (QED) is 0.533. The number of hydrogen-bond donors (Lipinski definition) is 1. The summed E-state index contributed by atoms with van der Waals surface area (Å²) in [7, 11) is 0. The lowest BCUT2D eigenvalue weighted by molar-refractivity contribution is -0.137. The number of fused-ring (bicyclic) bond motifs is 1. The van der Waals surface area contributed by atoms with Crippen LogP contribution >= 0.6 is 0 Å². The van der Waals surface area contributed by atoms with Crippen molar-refractivity contribution in [3.05, 3.63) is 89.5 Å². The topological polar surface area (TPSA) is 77.9 Å². The maximum Gasteiger partial charge on any atom is 0.416 e. The van der Waals surface area contributed by atoms with Gasteiger partial charge in [0, 0.05) is 12.2 Å². The van der Waals surface area contributed by atoms with Gasteiger partial charge in [-0.15, -0.1) is 0 Å². The third-order valence-electron chi connectivity index (χ3n) is 5.61. The number of halogens is 3. The van der Waals surface area contributed by atoms with Gasteiger partial charge >= 0.3 is 12.1 Å². The monoisotopic (exact) mass is 468 g/mol. The molecule has 1 aliphatic rings. The van der Waals surface area contributed by atoms with E-state index in [0.717, 1.165) is 17.0 Å². The van der Waals surface area contributed by atoms with Crippen molar-refractivity contribution in [2.45, 2.75) is 19.0 Å². The van der Waals surface area contributed by atoms with Crippen LogP contribution in [0.4, 0.5) is 30.2 Å². The number of alkyl halides is 3. The van der Waals surface area contributed by atoms with Gasteiger partial charge in [0.05, 0.1) is 22.5 Å². The summed E-state index contributed by atoms with van der Waals surface area (Å²) >= 11 is 0. The van der Waals surface area contributed by atoms with Crippen molar-refractivity contribution in [1.82, 2.24) is 0 Å². The molecule has 3 aromatic carbocycles. The molecular formula is C25H19F3N2O4. The van der Waals surface area contributed by atoms with Gasteiger partial charge < -0.3 is 10.0 Å². The van der Waals surface area contributed by atoms with Crippen LogP contribution in [0.2, 0.25) is 0 Å². The molecule has 1 aliphatic heterocycles. The molecule has 0 bridgehead atoms. The van der Waals surface area contributed by atoms with E-state index < -0.39 is 35.4 Å². The van der Waals surface area contributed by atoms with Gasteiger partial charge in [0.1, 0.15) is 5.92 Å². The SMILES string of the molecule is CCN1C(=O)C(c2cccc(C(=O)O)c2)C(=O)N(c2ccccc2)c2cc(C(F)(F)F)ccc21. The van der Waals surface area contributed by atoms with Gasteiger partial charge in [0.2, 0.25) is 11.8 Å². The highest BCUT2D eigenvalue weighted by atomic mass is 19.4. The van der Waals surface area contributed by atoms with Crippen LogP contribution in [0.1, 0.15) is 34.3 Å². The molecule has 1 unspecified atom stereocenters. The van der Waals surface area contributed by atoms with E-state index in [4.69, 9.17) is 0 Å². The van der Waals surface area contributed by atoms with Crippen LogP contribution in [-0.2, 0) is 15.8 Å². The summed E-state index contributed by atoms with van der Waals surface area (Å²) < 4.78 is 40.7. The first-order chi connectivity index (χ1) is 16.1. The zero-order chi connectivity index (χ0) is 24.6. The summed E-state index contributed by atoms with van der Waals surface area (Å²) in [6, 6.07) is 16.4. The molecule has 9 heteroatoms. The van der Waals surface area contributed by atoms with Gasteiger partial charge in [0.15, 0.2) is 0 Å². The lowest BCUT2D eigenvalue weighted by Crippen LogP contribution is -2.39. The molecule has 1 atom stereocenters. The molecule has 1 N–H and O–H groups in total. The van der Waals surface area contributed by atoms with Crippen LogP contribution in [0.5, 0.6) is 0 Å². The van der Waals surface area contributed by atoms with Crippen LogP contribution in [0.25, 0.3) is 0 Å². The fraction of sp³-hybridized carbons (Fsp3) is 0.160. The average Bonchev–Trinajstić information content (AvgIpc) is 2.89. The fourth-order valence-corrected chi connectivity index (χ4v) is 4.04. The maximum atomic E-state index is 13.9. The first-order valence-corrected chi connectivity index (χ1v) is 10.4. The Labute approximate surface area is 192 Å². The molecule has 0 radical (unpaired) electrons. The average molecular weight is 468 g/mol. The van der Waals surface area contributed by atoms with Gasteiger partial charge in [-0.1, -0.05) is 30.3 Å². The number of carboxylic acid groups (broad SMARTS) is 1. The standard InChI is InChI=1S/C25H19F3N2O4/c1-2-29-19-12-11-17(25(26,27)28)14-20(19)30(18-9-4-3-5-10-18)23(32)21(22(29)31)15-7-6-8-16(13-15)24(33)34/h3-14,21H,2H2,1H3,(H,33,34). The minimum atomic E-state index is -4.66. The highest BCUT2D eigenvalue weighted by Gasteiger charge is 2.43. The van der Waals surface area contributed by atoms with E-state index in [9.17, 15) is 32.7 Å². The highest BCUT2D eigenvalue weighted by Crippen LogP contribution is 2.44. The minimum absolute atomic E-state index is 0.0851. The van der Waals surface area contributed by atoms with Crippen LogP contribution in [0, 0.1) is 0 Å². The Morgan fingerprint density at radius 2 is 1.62 bits per heavy atom. The Hall–Kier alpha value is -4.14. The number of hydrogen-bond acceptors (Lipinski definition) is 3. The number of anilines is 3. The predicted octanol–water partition coefficient (Wildman–Crippen LogP) is 5.22. The molecule has 0 saturated heterocycles. The van der Waals surface area contributed by atoms with E-state index in [-0.39, 0.29) is 34.7 Å². The number of likely N-dealkylation sites (N-methyl/N-ethyl adjacent to an activating group) is 1.